The van der Waals surface area contributed by atoms with Crippen molar-refractivity contribution in [1.29, 1.82) is 0 Å². The molecule has 0 bridgehead atoms. The van der Waals surface area contributed by atoms with Crippen molar-refractivity contribution in [1.82, 2.24) is 4.90 Å². The van der Waals surface area contributed by atoms with Crippen LogP contribution in [-0.2, 0) is 4.74 Å². The third-order valence-corrected chi connectivity index (χ3v) is 2.05. The molecule has 0 radical (unpaired) electrons. The van der Waals surface area contributed by atoms with Gasteiger partial charge in [-0.25, -0.2) is 4.79 Å². The van der Waals surface area contributed by atoms with Gasteiger partial charge in [0.2, 0.25) is 0 Å². The average molecular weight is 199 g/mol. The van der Waals surface area contributed by atoms with E-state index in [2.05, 4.69) is 6.58 Å². The molecule has 0 aliphatic rings. The third kappa shape index (κ3) is 5.62. The molecule has 0 aromatic heterocycles. The summed E-state index contributed by atoms with van der Waals surface area (Å²) in [4.78, 5) is 13.0. The van der Waals surface area contributed by atoms with Crippen molar-refractivity contribution in [3.8, 4) is 0 Å². The van der Waals surface area contributed by atoms with Gasteiger partial charge in [-0.3, -0.25) is 0 Å². The van der Waals surface area contributed by atoms with Gasteiger partial charge in [0.1, 0.15) is 0 Å². The van der Waals surface area contributed by atoms with E-state index in [4.69, 9.17) is 4.74 Å². The van der Waals surface area contributed by atoms with Crippen molar-refractivity contribution in [2.75, 3.05) is 19.7 Å². The van der Waals surface area contributed by atoms with E-state index in [0.717, 1.165) is 19.3 Å². The Labute approximate surface area is 86.7 Å². The van der Waals surface area contributed by atoms with Gasteiger partial charge in [0, 0.05) is 13.1 Å². The van der Waals surface area contributed by atoms with Gasteiger partial charge in [-0.1, -0.05) is 6.08 Å². The molecule has 0 aliphatic heterocycles. The Hall–Kier alpha value is -0.990. The molecule has 0 N–H and O–H groups in total. The number of nitrogens with zero attached hydrogens (tertiary/aromatic N) is 1. The zero-order valence-electron chi connectivity index (χ0n) is 9.29. The number of amides is 1. The summed E-state index contributed by atoms with van der Waals surface area (Å²) in [5.41, 5.74) is 0. The van der Waals surface area contributed by atoms with Crippen LogP contribution in [0.25, 0.3) is 0 Å². The molecule has 0 heterocycles. The van der Waals surface area contributed by atoms with E-state index in [9.17, 15) is 4.79 Å². The number of carbonyl (C=O) groups is 1. The van der Waals surface area contributed by atoms with Gasteiger partial charge in [-0.2, -0.15) is 0 Å². The fourth-order valence-electron chi connectivity index (χ4n) is 1.12. The summed E-state index contributed by atoms with van der Waals surface area (Å²) in [6, 6.07) is 0. The van der Waals surface area contributed by atoms with Crippen LogP contribution in [-0.4, -0.2) is 30.7 Å². The first kappa shape index (κ1) is 13.0. The zero-order valence-corrected chi connectivity index (χ0v) is 9.29. The lowest BCUT2D eigenvalue weighted by Gasteiger charge is -2.17. The lowest BCUT2D eigenvalue weighted by Crippen LogP contribution is -2.31. The van der Waals surface area contributed by atoms with Crippen LogP contribution in [0.1, 0.15) is 33.1 Å². The third-order valence-electron chi connectivity index (χ3n) is 2.05. The summed E-state index contributed by atoms with van der Waals surface area (Å²) in [5.74, 6) is 0. The summed E-state index contributed by atoms with van der Waals surface area (Å²) in [7, 11) is 0. The molecule has 1 amide bonds. The zero-order chi connectivity index (χ0) is 10.8. The Morgan fingerprint density at radius 3 is 2.50 bits per heavy atom. The Morgan fingerprint density at radius 1 is 1.36 bits per heavy atom. The van der Waals surface area contributed by atoms with Gasteiger partial charge in [0.25, 0.3) is 0 Å². The van der Waals surface area contributed by atoms with Crippen molar-refractivity contribution in [3.05, 3.63) is 12.7 Å². The summed E-state index contributed by atoms with van der Waals surface area (Å²) < 4.78 is 5.09. The predicted octanol–water partition coefficient (Wildman–Crippen LogP) is 2.82. The second kappa shape index (κ2) is 8.60. The van der Waals surface area contributed by atoms with Gasteiger partial charge >= 0.3 is 6.09 Å². The molecule has 0 saturated heterocycles. The van der Waals surface area contributed by atoms with Crippen LogP contribution in [0.3, 0.4) is 0 Å². The van der Waals surface area contributed by atoms with E-state index >= 15 is 0 Å². The van der Waals surface area contributed by atoms with Crippen LogP contribution in [0.5, 0.6) is 0 Å². The largest absolute Gasteiger partial charge is 0.449 e. The van der Waals surface area contributed by atoms with E-state index in [1.54, 1.807) is 4.90 Å². The van der Waals surface area contributed by atoms with Crippen LogP contribution in [0.4, 0.5) is 4.79 Å². The smallest absolute Gasteiger partial charge is 0.409 e. The maximum Gasteiger partial charge on any atom is 0.409 e. The topological polar surface area (TPSA) is 29.5 Å². The molecule has 14 heavy (non-hydrogen) atoms. The minimum absolute atomic E-state index is 0.200. The van der Waals surface area contributed by atoms with E-state index < -0.39 is 0 Å². The molecule has 0 spiro atoms. The number of allylic oxidation sites excluding steroid dienone is 1. The second-order valence-corrected chi connectivity index (χ2v) is 3.07. The standard InChI is InChI=1S/C11H21NO2/c1-4-7-8-9-10-14-11(13)12(5-2)6-3/h4H,1,5-10H2,2-3H3. The van der Waals surface area contributed by atoms with Crippen molar-refractivity contribution in [2.45, 2.75) is 33.1 Å². The van der Waals surface area contributed by atoms with Crippen LogP contribution < -0.4 is 0 Å². The Bertz CT molecular complexity index is 165. The minimum Gasteiger partial charge on any atom is -0.449 e. The lowest BCUT2D eigenvalue weighted by molar-refractivity contribution is 0.104. The minimum atomic E-state index is -0.200. The molecule has 0 saturated carbocycles. The fourth-order valence-corrected chi connectivity index (χ4v) is 1.12. The molecule has 3 nitrogen and oxygen atoms in total. The van der Waals surface area contributed by atoms with Crippen molar-refractivity contribution < 1.29 is 9.53 Å². The van der Waals surface area contributed by atoms with Gasteiger partial charge < -0.3 is 9.64 Å². The van der Waals surface area contributed by atoms with Gasteiger partial charge in [-0.05, 0) is 33.1 Å². The molecule has 0 unspecified atom stereocenters. The number of ether oxygens (including phenoxy) is 1. The van der Waals surface area contributed by atoms with Crippen molar-refractivity contribution in [3.63, 3.8) is 0 Å². The van der Waals surface area contributed by atoms with Crippen molar-refractivity contribution in [2.24, 2.45) is 0 Å². The van der Waals surface area contributed by atoms with Crippen molar-refractivity contribution >= 4 is 6.09 Å². The Kier molecular flexibility index (Phi) is 7.99. The predicted molar refractivity (Wildman–Crippen MR) is 58.3 cm³/mol. The summed E-state index contributed by atoms with van der Waals surface area (Å²) in [6.45, 7) is 9.46. The van der Waals surface area contributed by atoms with Gasteiger partial charge in [0.15, 0.2) is 0 Å². The number of unbranched alkanes of at least 4 members (excludes halogenated alkanes) is 2. The maximum absolute atomic E-state index is 11.3. The summed E-state index contributed by atoms with van der Waals surface area (Å²) in [6.07, 6.45) is 4.62. The average Bonchev–Trinajstić information content (AvgIpc) is 2.19. The fraction of sp³-hybridized carbons (Fsp3) is 0.727. The van der Waals surface area contributed by atoms with Gasteiger partial charge in [-0.15, -0.1) is 6.58 Å². The highest BCUT2D eigenvalue weighted by molar-refractivity contribution is 5.67. The molecule has 0 atom stereocenters. The molecule has 0 aromatic rings. The monoisotopic (exact) mass is 199 g/mol. The highest BCUT2D eigenvalue weighted by atomic mass is 16.6. The highest BCUT2D eigenvalue weighted by Gasteiger charge is 2.09. The first-order valence-electron chi connectivity index (χ1n) is 5.28. The van der Waals surface area contributed by atoms with Crippen LogP contribution >= 0.6 is 0 Å². The van der Waals surface area contributed by atoms with Gasteiger partial charge in [0.05, 0.1) is 6.61 Å². The molecule has 0 aromatic carbocycles. The van der Waals surface area contributed by atoms with E-state index in [1.165, 1.54) is 0 Å². The number of hydrogen-bond donors (Lipinski definition) is 0. The summed E-state index contributed by atoms with van der Waals surface area (Å²) in [5, 5.41) is 0. The quantitative estimate of drug-likeness (QED) is 0.466. The molecular weight excluding hydrogens is 178 g/mol. The SMILES string of the molecule is C=CCCCCOC(=O)N(CC)CC. The Morgan fingerprint density at radius 2 is 2.00 bits per heavy atom. The van der Waals surface area contributed by atoms with E-state index in [0.29, 0.717) is 19.7 Å². The molecule has 0 aliphatic carbocycles. The highest BCUT2D eigenvalue weighted by Crippen LogP contribution is 1.99. The Balaban J connectivity index is 3.47. The van der Waals surface area contributed by atoms with E-state index in [1.807, 2.05) is 19.9 Å². The number of hydrogen-bond acceptors (Lipinski definition) is 2. The first-order valence-corrected chi connectivity index (χ1v) is 5.28. The number of rotatable bonds is 7. The molecule has 0 fully saturated rings. The number of carbonyl (C=O) groups excluding carboxylic acids is 1. The molecule has 0 rings (SSSR count). The van der Waals surface area contributed by atoms with Crippen LogP contribution in [0, 0.1) is 0 Å². The normalized spacial score (nSPS) is 9.57. The first-order chi connectivity index (χ1) is 6.76. The molecule has 3 heteroatoms. The van der Waals surface area contributed by atoms with Crippen LogP contribution in [0.2, 0.25) is 0 Å². The lowest BCUT2D eigenvalue weighted by atomic mass is 10.2. The second-order valence-electron chi connectivity index (χ2n) is 3.07. The maximum atomic E-state index is 11.3. The molecule has 82 valence electrons. The van der Waals surface area contributed by atoms with Crippen LogP contribution in [0.15, 0.2) is 12.7 Å². The summed E-state index contributed by atoms with van der Waals surface area (Å²) >= 11 is 0. The molecular formula is C11H21NO2. The van der Waals surface area contributed by atoms with E-state index in [-0.39, 0.29) is 6.09 Å².